The van der Waals surface area contributed by atoms with E-state index in [1.165, 1.54) is 34.0 Å². The molecule has 2 N–H and O–H groups in total. The number of nitrogens with one attached hydrogen (secondary N) is 1. The van der Waals surface area contributed by atoms with Gasteiger partial charge in [-0.1, -0.05) is 48.5 Å². The molecule has 0 radical (unpaired) electrons. The molecular weight excluding hydrogens is 464 g/mol. The summed E-state index contributed by atoms with van der Waals surface area (Å²) in [7, 11) is 0. The van der Waals surface area contributed by atoms with Gasteiger partial charge in [0.15, 0.2) is 0 Å². The number of ether oxygens (including phenoxy) is 1. The summed E-state index contributed by atoms with van der Waals surface area (Å²) in [5.41, 5.74) is 4.76. The number of thioether (sulfide) groups is 1. The maximum absolute atomic E-state index is 12.4. The second-order valence-corrected chi connectivity index (χ2v) is 10.2. The number of piperidine rings is 1. The first kappa shape index (κ1) is 25.1. The second-order valence-electron chi connectivity index (χ2n) is 9.06. The van der Waals surface area contributed by atoms with E-state index in [9.17, 15) is 14.4 Å². The van der Waals surface area contributed by atoms with Crippen molar-refractivity contribution in [2.24, 2.45) is 5.92 Å². The largest absolute Gasteiger partial charge is 0.481 e. The molecule has 0 atom stereocenters. The number of aliphatic carboxylic acids is 1. The molecule has 7 nitrogen and oxygen atoms in total. The van der Waals surface area contributed by atoms with E-state index in [2.05, 4.69) is 29.6 Å². The molecule has 1 fully saturated rings. The molecule has 1 saturated heterocycles. The van der Waals surface area contributed by atoms with E-state index in [1.807, 2.05) is 29.2 Å². The summed E-state index contributed by atoms with van der Waals surface area (Å²) in [6.07, 6.45) is 2.18. The maximum atomic E-state index is 12.4. The van der Waals surface area contributed by atoms with E-state index < -0.39 is 12.1 Å². The molecule has 1 aliphatic heterocycles. The van der Waals surface area contributed by atoms with Crippen LogP contribution >= 0.6 is 11.8 Å². The molecule has 1 aliphatic carbocycles. The number of alkyl carbamates (subject to hydrolysis) is 1. The molecular formula is C27H32N2O5S. The smallest absolute Gasteiger partial charge is 0.407 e. The van der Waals surface area contributed by atoms with Crippen LogP contribution in [0.3, 0.4) is 0 Å². The number of amides is 2. The highest BCUT2D eigenvalue weighted by atomic mass is 32.2. The van der Waals surface area contributed by atoms with Gasteiger partial charge in [-0.05, 0) is 47.4 Å². The van der Waals surface area contributed by atoms with Crippen LogP contribution in [0, 0.1) is 5.92 Å². The molecule has 0 spiro atoms. The van der Waals surface area contributed by atoms with Gasteiger partial charge in [-0.3, -0.25) is 9.59 Å². The fraction of sp³-hybridized carbons (Fsp3) is 0.444. The minimum Gasteiger partial charge on any atom is -0.481 e. The molecule has 2 aliphatic rings. The van der Waals surface area contributed by atoms with Crippen LogP contribution in [-0.4, -0.2) is 65.7 Å². The van der Waals surface area contributed by atoms with Gasteiger partial charge >= 0.3 is 12.1 Å². The standard InChI is InChI=1S/C27H32N2O5S/c30-25(29-14-11-19(12-15-29)9-10-26(31)32)18-35-16-13-28-27(33)34-17-24-22-7-3-1-5-20(22)21-6-2-4-8-23(21)24/h1-8,19,24H,9-18H2,(H,28,33)(H,31,32). The molecule has 186 valence electrons. The number of hydrogen-bond donors (Lipinski definition) is 2. The van der Waals surface area contributed by atoms with Crippen molar-refractivity contribution >= 4 is 29.7 Å². The Kier molecular flexibility index (Phi) is 8.69. The number of carboxylic acid groups (broad SMARTS) is 1. The van der Waals surface area contributed by atoms with Crippen molar-refractivity contribution in [1.29, 1.82) is 0 Å². The van der Waals surface area contributed by atoms with Gasteiger partial charge in [0, 0.05) is 37.7 Å². The van der Waals surface area contributed by atoms with Crippen molar-refractivity contribution in [3.05, 3.63) is 59.7 Å². The van der Waals surface area contributed by atoms with Crippen molar-refractivity contribution in [3.63, 3.8) is 0 Å². The number of fused-ring (bicyclic) bond motifs is 3. The van der Waals surface area contributed by atoms with Gasteiger partial charge in [0.05, 0.1) is 5.75 Å². The first-order valence-corrected chi connectivity index (χ1v) is 13.3. The molecule has 8 heteroatoms. The monoisotopic (exact) mass is 496 g/mol. The third kappa shape index (κ3) is 6.57. The normalized spacial score (nSPS) is 15.4. The van der Waals surface area contributed by atoms with Crippen molar-refractivity contribution < 1.29 is 24.2 Å². The Morgan fingerprint density at radius 1 is 1.00 bits per heavy atom. The predicted molar refractivity (Wildman–Crippen MR) is 137 cm³/mol. The third-order valence-corrected chi connectivity index (χ3v) is 7.76. The minimum absolute atomic E-state index is 0.0356. The van der Waals surface area contributed by atoms with Crippen LogP contribution in [0.5, 0.6) is 0 Å². The van der Waals surface area contributed by atoms with Gasteiger partial charge in [0.1, 0.15) is 6.61 Å². The molecule has 0 aromatic heterocycles. The molecule has 1 heterocycles. The van der Waals surface area contributed by atoms with Gasteiger partial charge in [0.25, 0.3) is 0 Å². The Morgan fingerprint density at radius 3 is 2.26 bits per heavy atom. The number of carbonyl (C=O) groups excluding carboxylic acids is 2. The summed E-state index contributed by atoms with van der Waals surface area (Å²) in [6, 6.07) is 16.5. The van der Waals surface area contributed by atoms with E-state index in [4.69, 9.17) is 9.84 Å². The first-order valence-electron chi connectivity index (χ1n) is 12.2. The number of carbonyl (C=O) groups is 3. The molecule has 0 bridgehead atoms. The van der Waals surface area contributed by atoms with Crippen LogP contribution in [0.2, 0.25) is 0 Å². The Bertz CT molecular complexity index is 1010. The number of carboxylic acids is 1. The molecule has 35 heavy (non-hydrogen) atoms. The van der Waals surface area contributed by atoms with E-state index in [-0.39, 0.29) is 24.9 Å². The highest BCUT2D eigenvalue weighted by Crippen LogP contribution is 2.44. The average Bonchev–Trinajstić information content (AvgIpc) is 3.20. The maximum Gasteiger partial charge on any atom is 0.407 e. The van der Waals surface area contributed by atoms with Crippen LogP contribution in [0.15, 0.2) is 48.5 Å². The predicted octanol–water partition coefficient (Wildman–Crippen LogP) is 4.36. The van der Waals surface area contributed by atoms with E-state index in [0.29, 0.717) is 43.5 Å². The van der Waals surface area contributed by atoms with Crippen LogP contribution in [0.25, 0.3) is 11.1 Å². The lowest BCUT2D eigenvalue weighted by Crippen LogP contribution is -2.39. The lowest BCUT2D eigenvalue weighted by molar-refractivity contribution is -0.137. The van der Waals surface area contributed by atoms with E-state index in [0.717, 1.165) is 12.8 Å². The summed E-state index contributed by atoms with van der Waals surface area (Å²) in [6.45, 7) is 2.11. The lowest BCUT2D eigenvalue weighted by atomic mass is 9.92. The molecule has 2 amide bonds. The zero-order chi connectivity index (χ0) is 24.6. The summed E-state index contributed by atoms with van der Waals surface area (Å²) in [5, 5.41) is 11.6. The minimum atomic E-state index is -0.758. The number of hydrogen-bond acceptors (Lipinski definition) is 5. The Hall–Kier alpha value is -3.00. The quantitative estimate of drug-likeness (QED) is 0.475. The Labute approximate surface area is 210 Å². The van der Waals surface area contributed by atoms with Gasteiger partial charge in [-0.15, -0.1) is 0 Å². The van der Waals surface area contributed by atoms with Gasteiger partial charge in [-0.2, -0.15) is 11.8 Å². The zero-order valence-corrected chi connectivity index (χ0v) is 20.6. The third-order valence-electron chi connectivity index (χ3n) is 6.82. The van der Waals surface area contributed by atoms with Gasteiger partial charge in [-0.25, -0.2) is 4.79 Å². The molecule has 0 unspecified atom stereocenters. The van der Waals surface area contributed by atoms with Crippen molar-refractivity contribution in [2.75, 3.05) is 37.7 Å². The SMILES string of the molecule is O=C(O)CCC1CCN(C(=O)CSCCNC(=O)OCC2c3ccccc3-c3ccccc32)CC1. The molecule has 2 aromatic rings. The van der Waals surface area contributed by atoms with Crippen molar-refractivity contribution in [3.8, 4) is 11.1 Å². The summed E-state index contributed by atoms with van der Waals surface area (Å²) >= 11 is 1.50. The topological polar surface area (TPSA) is 95.9 Å². The van der Waals surface area contributed by atoms with Gasteiger partial charge < -0.3 is 20.1 Å². The molecule has 0 saturated carbocycles. The number of likely N-dealkylation sites (tertiary alicyclic amines) is 1. The van der Waals surface area contributed by atoms with Gasteiger partial charge in [0.2, 0.25) is 5.91 Å². The zero-order valence-electron chi connectivity index (χ0n) is 19.8. The number of nitrogens with zero attached hydrogens (tertiary/aromatic N) is 1. The summed E-state index contributed by atoms with van der Waals surface area (Å²) in [5.74, 6) is 0.786. The number of benzene rings is 2. The lowest BCUT2D eigenvalue weighted by Gasteiger charge is -2.31. The molecule has 4 rings (SSSR count). The second kappa shape index (κ2) is 12.1. The summed E-state index contributed by atoms with van der Waals surface area (Å²) < 4.78 is 5.54. The Balaban J connectivity index is 1.11. The van der Waals surface area contributed by atoms with Crippen LogP contribution < -0.4 is 5.32 Å². The van der Waals surface area contributed by atoms with Crippen LogP contribution in [0.1, 0.15) is 42.7 Å². The van der Waals surface area contributed by atoms with Crippen LogP contribution in [0.4, 0.5) is 4.79 Å². The average molecular weight is 497 g/mol. The first-order chi connectivity index (χ1) is 17.0. The van der Waals surface area contributed by atoms with Crippen molar-refractivity contribution in [2.45, 2.75) is 31.6 Å². The highest BCUT2D eigenvalue weighted by Gasteiger charge is 2.29. The fourth-order valence-corrected chi connectivity index (χ4v) is 5.67. The number of rotatable bonds is 10. The summed E-state index contributed by atoms with van der Waals surface area (Å²) in [4.78, 5) is 37.2. The van der Waals surface area contributed by atoms with Crippen molar-refractivity contribution in [1.82, 2.24) is 10.2 Å². The van der Waals surface area contributed by atoms with E-state index >= 15 is 0 Å². The van der Waals surface area contributed by atoms with Crippen LogP contribution in [-0.2, 0) is 14.3 Å². The Morgan fingerprint density at radius 2 is 1.63 bits per heavy atom. The molecule has 2 aromatic carbocycles. The van der Waals surface area contributed by atoms with E-state index in [1.54, 1.807) is 0 Å². The fourth-order valence-electron chi connectivity index (χ4n) is 4.92. The highest BCUT2D eigenvalue weighted by molar-refractivity contribution is 7.99.